The maximum Gasteiger partial charge on any atom is 0.127 e. The van der Waals surface area contributed by atoms with E-state index in [0.717, 1.165) is 18.2 Å². The smallest absolute Gasteiger partial charge is 0.127 e. The van der Waals surface area contributed by atoms with Gasteiger partial charge in [0.2, 0.25) is 0 Å². The van der Waals surface area contributed by atoms with Gasteiger partial charge in [-0.15, -0.1) is 0 Å². The molecule has 0 heterocycles. The molecule has 0 aliphatic rings. The lowest BCUT2D eigenvalue weighted by atomic mass is 9.97. The third kappa shape index (κ3) is 5.32. The quantitative estimate of drug-likeness (QED) is 0.366. The molecule has 1 nitrogen and oxygen atoms in total. The lowest BCUT2D eigenvalue weighted by Crippen LogP contribution is -2.11. The normalized spacial score (nSPS) is 14.5. The average Bonchev–Trinajstić information content (AvgIpc) is 2.52. The summed E-state index contributed by atoms with van der Waals surface area (Å²) in [5.74, 6) is -0.571. The van der Waals surface area contributed by atoms with Crippen LogP contribution in [0.15, 0.2) is 84.1 Å². The van der Waals surface area contributed by atoms with Crippen LogP contribution in [0.3, 0.4) is 0 Å². The molecule has 0 aromatic carbocycles. The molecule has 3 heteroatoms. The second-order valence-electron chi connectivity index (χ2n) is 4.44. The summed E-state index contributed by atoms with van der Waals surface area (Å²) in [4.78, 5) is 0. The van der Waals surface area contributed by atoms with Gasteiger partial charge in [-0.25, -0.2) is 4.39 Å². The zero-order valence-corrected chi connectivity index (χ0v) is 13.9. The van der Waals surface area contributed by atoms with Crippen molar-refractivity contribution in [2.24, 2.45) is 0 Å². The van der Waals surface area contributed by atoms with Crippen molar-refractivity contribution in [3.05, 3.63) is 84.1 Å². The summed E-state index contributed by atoms with van der Waals surface area (Å²) in [7, 11) is 0. The van der Waals surface area contributed by atoms with E-state index in [1.54, 1.807) is 19.1 Å². The molecule has 0 saturated carbocycles. The molecule has 0 N–H and O–H groups in total. The molecule has 0 amide bonds. The van der Waals surface area contributed by atoms with Crippen LogP contribution in [-0.4, -0.2) is 5.12 Å². The van der Waals surface area contributed by atoms with Gasteiger partial charge in [-0.05, 0) is 32.8 Å². The molecule has 0 aliphatic carbocycles. The van der Waals surface area contributed by atoms with Gasteiger partial charge in [0.15, 0.2) is 0 Å². The predicted molar refractivity (Wildman–Crippen MR) is 92.2 cm³/mol. The summed E-state index contributed by atoms with van der Waals surface area (Å²) in [5.41, 5.74) is 1.37. The van der Waals surface area contributed by atoms with E-state index in [1.807, 2.05) is 39.0 Å². The van der Waals surface area contributed by atoms with Gasteiger partial charge in [0.05, 0.1) is 5.70 Å². The second kappa shape index (κ2) is 10.6. The van der Waals surface area contributed by atoms with Gasteiger partial charge >= 0.3 is 0 Å². The summed E-state index contributed by atoms with van der Waals surface area (Å²) in [6.45, 7) is 14.3. The molecular formula is C19H25F2N. The van der Waals surface area contributed by atoms with Crippen molar-refractivity contribution in [2.75, 3.05) is 0 Å². The van der Waals surface area contributed by atoms with Gasteiger partial charge in [-0.3, -0.25) is 0 Å². The summed E-state index contributed by atoms with van der Waals surface area (Å²) < 4.78 is 28.2. The Labute approximate surface area is 133 Å². The maximum absolute atomic E-state index is 14.3. The number of nitrogens with zero attached hydrogens (tertiary/aromatic N) is 1. The van der Waals surface area contributed by atoms with Crippen molar-refractivity contribution in [3.8, 4) is 0 Å². The molecule has 22 heavy (non-hydrogen) atoms. The highest BCUT2D eigenvalue weighted by Crippen LogP contribution is 2.31. The molecule has 120 valence electrons. The van der Waals surface area contributed by atoms with Crippen LogP contribution in [0, 0.1) is 0 Å². The van der Waals surface area contributed by atoms with E-state index in [2.05, 4.69) is 13.2 Å². The Balaban J connectivity index is 6.54. The summed E-state index contributed by atoms with van der Waals surface area (Å²) in [6.07, 6.45) is 12.2. The highest BCUT2D eigenvalue weighted by molar-refractivity contribution is 5.56. The Morgan fingerprint density at radius 2 is 1.73 bits per heavy atom. The van der Waals surface area contributed by atoms with Gasteiger partial charge < -0.3 is 0 Å². The fourth-order valence-electron chi connectivity index (χ4n) is 1.93. The van der Waals surface area contributed by atoms with Gasteiger partial charge in [-0.2, -0.15) is 5.12 Å². The van der Waals surface area contributed by atoms with Crippen LogP contribution in [0.1, 0.15) is 34.1 Å². The van der Waals surface area contributed by atoms with Crippen LogP contribution < -0.4 is 0 Å². The van der Waals surface area contributed by atoms with E-state index in [4.69, 9.17) is 0 Å². The van der Waals surface area contributed by atoms with Gasteiger partial charge in [0, 0.05) is 17.3 Å². The molecular weight excluding hydrogens is 280 g/mol. The van der Waals surface area contributed by atoms with Crippen molar-refractivity contribution >= 4 is 0 Å². The van der Waals surface area contributed by atoms with Crippen LogP contribution >= 0.6 is 0 Å². The second-order valence-corrected chi connectivity index (χ2v) is 4.44. The van der Waals surface area contributed by atoms with Crippen LogP contribution in [0.25, 0.3) is 0 Å². The molecule has 0 bridgehead atoms. The Morgan fingerprint density at radius 3 is 2.14 bits per heavy atom. The monoisotopic (exact) mass is 305 g/mol. The maximum atomic E-state index is 14.3. The number of hydrogen-bond donors (Lipinski definition) is 0. The predicted octanol–water partition coefficient (Wildman–Crippen LogP) is 6.49. The average molecular weight is 305 g/mol. The third-order valence-electron chi connectivity index (χ3n) is 2.87. The van der Waals surface area contributed by atoms with E-state index in [-0.39, 0.29) is 11.3 Å². The third-order valence-corrected chi connectivity index (χ3v) is 2.87. The van der Waals surface area contributed by atoms with Crippen molar-refractivity contribution in [1.29, 1.82) is 0 Å². The molecule has 0 spiro atoms. The molecule has 0 atom stereocenters. The molecule has 0 aromatic rings. The van der Waals surface area contributed by atoms with E-state index >= 15 is 0 Å². The molecule has 0 aliphatic heterocycles. The largest absolute Gasteiger partial charge is 0.207 e. The molecule has 0 fully saturated rings. The SMILES string of the molecule is C=CN(F)/C(C(=C)/C(F)=C\C)=C(\C=C/C)C(/C=C\C)=C/CC. The molecule has 0 unspecified atom stereocenters. The van der Waals surface area contributed by atoms with Gasteiger partial charge in [-0.1, -0.05) is 61.0 Å². The number of rotatable bonds is 8. The number of allylic oxidation sites excluding steroid dienone is 9. The van der Waals surface area contributed by atoms with Gasteiger partial charge in [0.1, 0.15) is 5.83 Å². The molecule has 0 radical (unpaired) electrons. The highest BCUT2D eigenvalue weighted by Gasteiger charge is 2.19. The lowest BCUT2D eigenvalue weighted by Gasteiger charge is -2.19. The minimum absolute atomic E-state index is 0.0236. The number of halogens is 2. The summed E-state index contributed by atoms with van der Waals surface area (Å²) >= 11 is 0. The van der Waals surface area contributed by atoms with Crippen LogP contribution in [-0.2, 0) is 0 Å². The van der Waals surface area contributed by atoms with Crippen LogP contribution in [0.5, 0.6) is 0 Å². The molecule has 0 saturated heterocycles. The Morgan fingerprint density at radius 1 is 1.14 bits per heavy atom. The topological polar surface area (TPSA) is 3.24 Å². The Bertz CT molecular complexity index is 546. The van der Waals surface area contributed by atoms with E-state index in [1.165, 1.54) is 6.08 Å². The van der Waals surface area contributed by atoms with Crippen molar-refractivity contribution in [1.82, 2.24) is 5.12 Å². The van der Waals surface area contributed by atoms with Gasteiger partial charge in [0.25, 0.3) is 0 Å². The fraction of sp³-hybridized carbons (Fsp3) is 0.263. The van der Waals surface area contributed by atoms with Crippen LogP contribution in [0.2, 0.25) is 0 Å². The minimum atomic E-state index is -0.571. The highest BCUT2D eigenvalue weighted by atomic mass is 19.2. The Kier molecular flexibility index (Phi) is 9.51. The van der Waals surface area contributed by atoms with Crippen molar-refractivity contribution < 1.29 is 8.87 Å². The first kappa shape index (κ1) is 19.8. The fourth-order valence-corrected chi connectivity index (χ4v) is 1.93. The molecule has 0 rings (SSSR count). The first-order valence-corrected chi connectivity index (χ1v) is 7.27. The van der Waals surface area contributed by atoms with E-state index < -0.39 is 5.83 Å². The molecule has 0 aromatic heterocycles. The minimum Gasteiger partial charge on any atom is -0.207 e. The Hall–Kier alpha value is -2.16. The van der Waals surface area contributed by atoms with Crippen LogP contribution in [0.4, 0.5) is 8.87 Å². The summed E-state index contributed by atoms with van der Waals surface area (Å²) in [5, 5.41) is 0.299. The van der Waals surface area contributed by atoms with E-state index in [0.29, 0.717) is 10.7 Å². The zero-order chi connectivity index (χ0) is 17.1. The van der Waals surface area contributed by atoms with Crippen molar-refractivity contribution in [3.63, 3.8) is 0 Å². The zero-order valence-electron chi connectivity index (χ0n) is 13.9. The van der Waals surface area contributed by atoms with E-state index in [9.17, 15) is 8.87 Å². The number of hydrogen-bond acceptors (Lipinski definition) is 1. The lowest BCUT2D eigenvalue weighted by molar-refractivity contribution is 0.142. The van der Waals surface area contributed by atoms with Crippen molar-refractivity contribution in [2.45, 2.75) is 34.1 Å². The first-order valence-electron chi connectivity index (χ1n) is 7.27. The first-order chi connectivity index (χ1) is 10.5. The summed E-state index contributed by atoms with van der Waals surface area (Å²) in [6, 6.07) is 0. The standard InChI is InChI=1S/C19H25F2N/c1-7-12-16(13-8-2)17(14-9-3)19(22(21)11-5)15(6)18(20)10-4/h7,9-14H,5-6,8H2,1-4H3/b12-7-,14-9-,16-13+,18-10+,19-17+.